The van der Waals surface area contributed by atoms with E-state index in [0.717, 1.165) is 43.4 Å². The Labute approximate surface area is 183 Å². The van der Waals surface area contributed by atoms with Gasteiger partial charge in [-0.3, -0.25) is 4.79 Å². The lowest BCUT2D eigenvalue weighted by Gasteiger charge is -2.23. The number of halogens is 4. The van der Waals surface area contributed by atoms with Gasteiger partial charge < -0.3 is 14.7 Å². The van der Waals surface area contributed by atoms with Gasteiger partial charge in [-0.15, -0.1) is 11.8 Å². The smallest absolute Gasteiger partial charge is 0.368 e. The minimum atomic E-state index is -4.39. The average Bonchev–Trinajstić information content (AvgIpc) is 3.21. The molecule has 168 valence electrons. The van der Waals surface area contributed by atoms with E-state index in [-0.39, 0.29) is 17.5 Å². The summed E-state index contributed by atoms with van der Waals surface area (Å²) in [6, 6.07) is 9.79. The number of nitrogens with zero attached hydrogens (tertiary/aromatic N) is 3. The summed E-state index contributed by atoms with van der Waals surface area (Å²) in [6.07, 6.45) is -3.42. The third kappa shape index (κ3) is 5.71. The normalized spacial score (nSPS) is 16.8. The van der Waals surface area contributed by atoms with Gasteiger partial charge in [0.05, 0.1) is 17.0 Å². The predicted molar refractivity (Wildman–Crippen MR) is 116 cm³/mol. The molecule has 0 aromatic heterocycles. The second-order valence-electron chi connectivity index (χ2n) is 7.75. The molecule has 1 saturated heterocycles. The zero-order valence-electron chi connectivity index (χ0n) is 17.6. The Morgan fingerprint density at radius 3 is 2.35 bits per heavy atom. The third-order valence-corrected chi connectivity index (χ3v) is 6.47. The monoisotopic (exact) mass is 455 g/mol. The molecule has 1 aliphatic rings. The molecule has 2 aromatic carbocycles. The van der Waals surface area contributed by atoms with Crippen molar-refractivity contribution in [2.24, 2.45) is 0 Å². The second kappa shape index (κ2) is 9.48. The molecule has 2 aromatic rings. The number of amides is 1. The molecule has 1 aliphatic heterocycles. The van der Waals surface area contributed by atoms with Crippen molar-refractivity contribution in [1.82, 2.24) is 4.90 Å². The molecule has 9 heteroatoms. The minimum absolute atomic E-state index is 0.0296. The maximum Gasteiger partial charge on any atom is 0.416 e. The average molecular weight is 456 g/mol. The van der Waals surface area contributed by atoms with Gasteiger partial charge in [-0.2, -0.15) is 13.2 Å². The summed E-state index contributed by atoms with van der Waals surface area (Å²) >= 11 is 1.14. The van der Waals surface area contributed by atoms with Crippen LogP contribution in [-0.2, 0) is 11.0 Å². The number of carbonyl (C=O) groups is 1. The largest absolute Gasteiger partial charge is 0.416 e. The number of likely N-dealkylation sites (N-methyl/N-ethyl adjacent to an activating group) is 1. The SMILES string of the molecule is CN(C(=O)CSc1ccc(C(F)(F)F)cc1)c1ccc(N2CCC(N(C)C)C2)c(F)c1. The Bertz CT molecular complexity index is 918. The van der Waals surface area contributed by atoms with E-state index in [9.17, 15) is 22.4 Å². The van der Waals surface area contributed by atoms with Gasteiger partial charge in [0.2, 0.25) is 5.91 Å². The highest BCUT2D eigenvalue weighted by molar-refractivity contribution is 8.00. The van der Waals surface area contributed by atoms with Crippen LogP contribution in [0.15, 0.2) is 47.4 Å². The van der Waals surface area contributed by atoms with Crippen molar-refractivity contribution in [1.29, 1.82) is 0 Å². The zero-order chi connectivity index (χ0) is 22.8. The maximum atomic E-state index is 14.7. The number of thioether (sulfide) groups is 1. The molecule has 0 bridgehead atoms. The summed E-state index contributed by atoms with van der Waals surface area (Å²) in [4.78, 5) is 18.6. The minimum Gasteiger partial charge on any atom is -0.368 e. The highest BCUT2D eigenvalue weighted by atomic mass is 32.2. The molecular formula is C22H25F4N3OS. The van der Waals surface area contributed by atoms with Crippen LogP contribution >= 0.6 is 11.8 Å². The molecule has 0 N–H and O–H groups in total. The molecule has 0 spiro atoms. The molecule has 1 atom stereocenters. The second-order valence-corrected chi connectivity index (χ2v) is 8.80. The van der Waals surface area contributed by atoms with Crippen LogP contribution in [0, 0.1) is 5.82 Å². The summed E-state index contributed by atoms with van der Waals surface area (Å²) in [5, 5.41) is 0. The Morgan fingerprint density at radius 1 is 1.13 bits per heavy atom. The molecule has 31 heavy (non-hydrogen) atoms. The molecule has 0 radical (unpaired) electrons. The third-order valence-electron chi connectivity index (χ3n) is 5.47. The fourth-order valence-corrected chi connectivity index (χ4v) is 4.28. The first-order valence-electron chi connectivity index (χ1n) is 9.84. The van der Waals surface area contributed by atoms with E-state index >= 15 is 0 Å². The first kappa shape index (κ1) is 23.4. The van der Waals surface area contributed by atoms with E-state index in [1.165, 1.54) is 23.1 Å². The maximum absolute atomic E-state index is 14.7. The summed E-state index contributed by atoms with van der Waals surface area (Å²) in [5.41, 5.74) is 0.224. The van der Waals surface area contributed by atoms with Crippen molar-refractivity contribution in [2.45, 2.75) is 23.5 Å². The number of hydrogen-bond acceptors (Lipinski definition) is 4. The highest BCUT2D eigenvalue weighted by Gasteiger charge is 2.30. The van der Waals surface area contributed by atoms with E-state index < -0.39 is 11.7 Å². The lowest BCUT2D eigenvalue weighted by molar-refractivity contribution is -0.137. The summed E-state index contributed by atoms with van der Waals surface area (Å²) < 4.78 is 52.7. The standard InChI is InChI=1S/C22H25F4N3OS/c1-27(2)17-10-11-29(13-17)20-9-6-16(12-19(20)23)28(3)21(30)14-31-18-7-4-15(5-8-18)22(24,25)26/h4-9,12,17H,10-11,13-14H2,1-3H3. The van der Waals surface area contributed by atoms with Crippen LogP contribution in [0.3, 0.4) is 0 Å². The van der Waals surface area contributed by atoms with Crippen LogP contribution < -0.4 is 9.80 Å². The fraction of sp³-hybridized carbons (Fsp3) is 0.409. The Balaban J connectivity index is 1.60. The molecular weight excluding hydrogens is 430 g/mol. The van der Waals surface area contributed by atoms with Crippen LogP contribution in [0.1, 0.15) is 12.0 Å². The molecule has 1 fully saturated rings. The summed E-state index contributed by atoms with van der Waals surface area (Å²) in [5.74, 6) is -0.625. The van der Waals surface area contributed by atoms with Gasteiger partial charge in [-0.1, -0.05) is 0 Å². The van der Waals surface area contributed by atoms with Crippen molar-refractivity contribution < 1.29 is 22.4 Å². The van der Waals surface area contributed by atoms with Crippen molar-refractivity contribution >= 4 is 29.0 Å². The first-order chi connectivity index (χ1) is 14.6. The zero-order valence-corrected chi connectivity index (χ0v) is 18.4. The number of hydrogen-bond donors (Lipinski definition) is 0. The van der Waals surface area contributed by atoms with Gasteiger partial charge in [0.15, 0.2) is 0 Å². The van der Waals surface area contributed by atoms with E-state index in [0.29, 0.717) is 22.3 Å². The predicted octanol–water partition coefficient (Wildman–Crippen LogP) is 4.74. The fourth-order valence-electron chi connectivity index (χ4n) is 3.47. The number of carbonyl (C=O) groups excluding carboxylic acids is 1. The van der Waals surface area contributed by atoms with Crippen molar-refractivity contribution in [3.8, 4) is 0 Å². The first-order valence-corrected chi connectivity index (χ1v) is 10.8. The molecule has 4 nitrogen and oxygen atoms in total. The van der Waals surface area contributed by atoms with Gasteiger partial charge in [-0.05, 0) is 63.0 Å². The molecule has 1 heterocycles. The summed E-state index contributed by atoms with van der Waals surface area (Å²) in [7, 11) is 5.58. The van der Waals surface area contributed by atoms with Crippen LogP contribution in [0.2, 0.25) is 0 Å². The Kier molecular flexibility index (Phi) is 7.16. The van der Waals surface area contributed by atoms with Gasteiger partial charge in [0, 0.05) is 36.8 Å². The molecule has 1 amide bonds. The molecule has 1 unspecified atom stereocenters. The van der Waals surface area contributed by atoms with Gasteiger partial charge in [0.25, 0.3) is 0 Å². The van der Waals surface area contributed by atoms with Crippen LogP contribution in [0.25, 0.3) is 0 Å². The van der Waals surface area contributed by atoms with Crippen LogP contribution in [0.5, 0.6) is 0 Å². The topological polar surface area (TPSA) is 26.8 Å². The van der Waals surface area contributed by atoms with Crippen molar-refractivity contribution in [3.05, 3.63) is 53.8 Å². The number of anilines is 2. The van der Waals surface area contributed by atoms with Crippen molar-refractivity contribution in [2.75, 3.05) is 49.8 Å². The number of rotatable bonds is 6. The van der Waals surface area contributed by atoms with E-state index in [1.807, 2.05) is 19.0 Å². The van der Waals surface area contributed by atoms with Gasteiger partial charge in [0.1, 0.15) is 5.82 Å². The van der Waals surface area contributed by atoms with E-state index in [1.54, 1.807) is 19.2 Å². The van der Waals surface area contributed by atoms with E-state index in [4.69, 9.17) is 0 Å². The lowest BCUT2D eigenvalue weighted by atomic mass is 10.2. The van der Waals surface area contributed by atoms with Gasteiger partial charge in [-0.25, -0.2) is 4.39 Å². The quantitative estimate of drug-likeness (QED) is 0.465. The summed E-state index contributed by atoms with van der Waals surface area (Å²) in [6.45, 7) is 1.53. The molecule has 0 aliphatic carbocycles. The van der Waals surface area contributed by atoms with E-state index in [2.05, 4.69) is 4.90 Å². The molecule has 0 saturated carbocycles. The lowest BCUT2D eigenvalue weighted by Crippen LogP contribution is -2.32. The Hall–Kier alpha value is -2.26. The van der Waals surface area contributed by atoms with Crippen LogP contribution in [-0.4, -0.2) is 56.8 Å². The highest BCUT2D eigenvalue weighted by Crippen LogP contribution is 2.31. The van der Waals surface area contributed by atoms with Crippen LogP contribution in [0.4, 0.5) is 28.9 Å². The molecule has 3 rings (SSSR count). The Morgan fingerprint density at radius 2 is 1.81 bits per heavy atom. The van der Waals surface area contributed by atoms with Gasteiger partial charge >= 0.3 is 6.18 Å². The van der Waals surface area contributed by atoms with Crippen molar-refractivity contribution in [3.63, 3.8) is 0 Å². The number of alkyl halides is 3. The number of benzene rings is 2.